The van der Waals surface area contributed by atoms with E-state index < -0.39 is 17.9 Å². The summed E-state index contributed by atoms with van der Waals surface area (Å²) in [5, 5.41) is 11.6. The second-order valence-corrected chi connectivity index (χ2v) is 5.46. The first-order chi connectivity index (χ1) is 10.4. The number of carboxylic acids is 1. The highest BCUT2D eigenvalue weighted by Crippen LogP contribution is 2.14. The average molecular weight is 305 g/mol. The maximum Gasteiger partial charge on any atom is 0.326 e. The summed E-state index contributed by atoms with van der Waals surface area (Å²) in [4.78, 5) is 23.3. The molecule has 0 spiro atoms. The molecule has 1 aromatic rings. The van der Waals surface area contributed by atoms with Crippen LogP contribution in [0.1, 0.15) is 37.0 Å². The predicted octanol–water partition coefficient (Wildman–Crippen LogP) is 2.87. The molecule has 1 rings (SSSR count). The van der Waals surface area contributed by atoms with Crippen molar-refractivity contribution in [1.29, 1.82) is 0 Å². The molecule has 1 amide bonds. The fraction of sp³-hybridized carbons (Fsp3) is 0.412. The minimum atomic E-state index is -1.05. The Morgan fingerprint density at radius 2 is 2.14 bits per heavy atom. The highest BCUT2D eigenvalue weighted by molar-refractivity contribution is 5.96. The number of aliphatic carboxylic acids is 1. The Hall–Kier alpha value is -2.30. The van der Waals surface area contributed by atoms with Crippen molar-refractivity contribution in [1.82, 2.24) is 5.32 Å². The summed E-state index contributed by atoms with van der Waals surface area (Å²) in [7, 11) is 0. The third-order valence-electron chi connectivity index (χ3n) is 2.94. The molecule has 0 aliphatic carbocycles. The number of amides is 1. The van der Waals surface area contributed by atoms with Gasteiger partial charge in [0.2, 0.25) is 0 Å². The van der Waals surface area contributed by atoms with Gasteiger partial charge in [-0.15, -0.1) is 6.58 Å². The molecule has 0 aliphatic heterocycles. The normalized spacial score (nSPS) is 11.8. The van der Waals surface area contributed by atoms with E-state index in [-0.39, 0.29) is 0 Å². The Morgan fingerprint density at radius 3 is 2.73 bits per heavy atom. The first-order valence-electron chi connectivity index (χ1n) is 7.31. The van der Waals surface area contributed by atoms with Crippen molar-refractivity contribution in [2.45, 2.75) is 32.7 Å². The van der Waals surface area contributed by atoms with Crippen LogP contribution in [0.2, 0.25) is 0 Å². The summed E-state index contributed by atoms with van der Waals surface area (Å²) < 4.78 is 5.57. The van der Waals surface area contributed by atoms with E-state index in [9.17, 15) is 9.59 Å². The van der Waals surface area contributed by atoms with Crippen LogP contribution in [0.25, 0.3) is 0 Å². The number of nitrogens with one attached hydrogen (secondary N) is 1. The lowest BCUT2D eigenvalue weighted by atomic mass is 10.1. The maximum absolute atomic E-state index is 12.2. The van der Waals surface area contributed by atoms with Crippen molar-refractivity contribution in [2.24, 2.45) is 5.92 Å². The van der Waals surface area contributed by atoms with Gasteiger partial charge in [-0.25, -0.2) is 4.79 Å². The van der Waals surface area contributed by atoms with Crippen LogP contribution in [-0.2, 0) is 4.79 Å². The van der Waals surface area contributed by atoms with Crippen LogP contribution >= 0.6 is 0 Å². The van der Waals surface area contributed by atoms with E-state index in [0.717, 1.165) is 0 Å². The SMILES string of the molecule is C=CCCC(NC(=O)c1cccc(OCC(C)C)c1)C(=O)O. The number of benzene rings is 1. The van der Waals surface area contributed by atoms with Gasteiger partial charge in [-0.1, -0.05) is 26.0 Å². The molecule has 120 valence electrons. The summed E-state index contributed by atoms with van der Waals surface area (Å²) in [5.74, 6) is -0.499. The van der Waals surface area contributed by atoms with E-state index in [1.165, 1.54) is 0 Å². The average Bonchev–Trinajstić information content (AvgIpc) is 2.49. The molecule has 1 unspecified atom stereocenters. The molecule has 2 N–H and O–H groups in total. The first kappa shape index (κ1) is 17.8. The Morgan fingerprint density at radius 1 is 1.41 bits per heavy atom. The molecular weight excluding hydrogens is 282 g/mol. The van der Waals surface area contributed by atoms with Gasteiger partial charge in [0.15, 0.2) is 0 Å². The third-order valence-corrected chi connectivity index (χ3v) is 2.94. The van der Waals surface area contributed by atoms with Gasteiger partial charge in [0.05, 0.1) is 6.61 Å². The molecule has 0 radical (unpaired) electrons. The number of ether oxygens (including phenoxy) is 1. The topological polar surface area (TPSA) is 75.6 Å². The van der Waals surface area contributed by atoms with Gasteiger partial charge in [0, 0.05) is 5.56 Å². The largest absolute Gasteiger partial charge is 0.493 e. The summed E-state index contributed by atoms with van der Waals surface area (Å²) in [5.41, 5.74) is 0.381. The quantitative estimate of drug-likeness (QED) is 0.688. The monoisotopic (exact) mass is 305 g/mol. The molecule has 0 aromatic heterocycles. The third kappa shape index (κ3) is 5.99. The molecule has 1 aromatic carbocycles. The number of carboxylic acid groups (broad SMARTS) is 1. The number of rotatable bonds is 9. The zero-order valence-corrected chi connectivity index (χ0v) is 13.0. The van der Waals surface area contributed by atoms with E-state index in [2.05, 4.69) is 11.9 Å². The van der Waals surface area contributed by atoms with Crippen LogP contribution in [0.4, 0.5) is 0 Å². The minimum absolute atomic E-state index is 0.314. The number of hydrogen-bond acceptors (Lipinski definition) is 3. The van der Waals surface area contributed by atoms with Gasteiger partial charge in [-0.2, -0.15) is 0 Å². The van der Waals surface area contributed by atoms with E-state index in [1.807, 2.05) is 13.8 Å². The van der Waals surface area contributed by atoms with Gasteiger partial charge < -0.3 is 15.2 Å². The summed E-state index contributed by atoms with van der Waals surface area (Å²) in [6.07, 6.45) is 2.46. The van der Waals surface area contributed by atoms with Gasteiger partial charge in [0.25, 0.3) is 5.91 Å². The second-order valence-electron chi connectivity index (χ2n) is 5.46. The fourth-order valence-electron chi connectivity index (χ4n) is 1.77. The highest BCUT2D eigenvalue weighted by Gasteiger charge is 2.20. The van der Waals surface area contributed by atoms with Gasteiger partial charge in [-0.3, -0.25) is 4.79 Å². The van der Waals surface area contributed by atoms with Crippen LogP contribution in [0.5, 0.6) is 5.75 Å². The van der Waals surface area contributed by atoms with E-state index in [1.54, 1.807) is 30.3 Å². The van der Waals surface area contributed by atoms with Crippen LogP contribution in [0.15, 0.2) is 36.9 Å². The molecule has 5 nitrogen and oxygen atoms in total. The molecule has 5 heteroatoms. The van der Waals surface area contributed by atoms with E-state index >= 15 is 0 Å². The van der Waals surface area contributed by atoms with Crippen molar-refractivity contribution in [2.75, 3.05) is 6.61 Å². The number of carbonyl (C=O) groups is 2. The zero-order chi connectivity index (χ0) is 16.5. The molecule has 22 heavy (non-hydrogen) atoms. The minimum Gasteiger partial charge on any atom is -0.493 e. The molecule has 0 fully saturated rings. The Labute approximate surface area is 131 Å². The second kappa shape index (κ2) is 8.87. The van der Waals surface area contributed by atoms with Crippen molar-refractivity contribution in [3.8, 4) is 5.75 Å². The molecule has 1 atom stereocenters. The van der Waals surface area contributed by atoms with Crippen LogP contribution < -0.4 is 10.1 Å². The van der Waals surface area contributed by atoms with Crippen molar-refractivity contribution < 1.29 is 19.4 Å². The summed E-state index contributed by atoms with van der Waals surface area (Å²) >= 11 is 0. The molecule has 0 saturated carbocycles. The molecule has 0 bridgehead atoms. The molecule has 0 aliphatic rings. The lowest BCUT2D eigenvalue weighted by Crippen LogP contribution is -2.40. The smallest absolute Gasteiger partial charge is 0.326 e. The Kier molecular flexibility index (Phi) is 7.16. The van der Waals surface area contributed by atoms with Crippen LogP contribution in [0, 0.1) is 5.92 Å². The molecule has 0 heterocycles. The van der Waals surface area contributed by atoms with Gasteiger partial charge in [-0.05, 0) is 37.0 Å². The first-order valence-corrected chi connectivity index (χ1v) is 7.31. The van der Waals surface area contributed by atoms with Crippen molar-refractivity contribution in [3.63, 3.8) is 0 Å². The van der Waals surface area contributed by atoms with Crippen LogP contribution in [0.3, 0.4) is 0 Å². The summed E-state index contributed by atoms with van der Waals surface area (Å²) in [6, 6.07) is 5.80. The van der Waals surface area contributed by atoms with Crippen LogP contribution in [-0.4, -0.2) is 29.6 Å². The number of carbonyl (C=O) groups excluding carboxylic acids is 1. The Bertz CT molecular complexity index is 525. The van der Waals surface area contributed by atoms with Crippen molar-refractivity contribution in [3.05, 3.63) is 42.5 Å². The van der Waals surface area contributed by atoms with Gasteiger partial charge >= 0.3 is 5.97 Å². The Balaban J connectivity index is 2.73. The van der Waals surface area contributed by atoms with E-state index in [4.69, 9.17) is 9.84 Å². The zero-order valence-electron chi connectivity index (χ0n) is 13.0. The number of allylic oxidation sites excluding steroid dienone is 1. The molecule has 0 saturated heterocycles. The van der Waals surface area contributed by atoms with E-state index in [0.29, 0.717) is 36.7 Å². The predicted molar refractivity (Wildman–Crippen MR) is 85.1 cm³/mol. The lowest BCUT2D eigenvalue weighted by molar-refractivity contribution is -0.139. The molecular formula is C17H23NO4. The standard InChI is InChI=1S/C17H23NO4/c1-4-5-9-15(17(20)21)18-16(19)13-7-6-8-14(10-13)22-11-12(2)3/h4,6-8,10,12,15H,1,5,9,11H2,2-3H3,(H,18,19)(H,20,21). The lowest BCUT2D eigenvalue weighted by Gasteiger charge is -2.14. The number of hydrogen-bond donors (Lipinski definition) is 2. The summed E-state index contributed by atoms with van der Waals surface area (Å²) in [6.45, 7) is 8.18. The van der Waals surface area contributed by atoms with Crippen molar-refractivity contribution >= 4 is 11.9 Å². The fourth-order valence-corrected chi connectivity index (χ4v) is 1.77. The van der Waals surface area contributed by atoms with Gasteiger partial charge in [0.1, 0.15) is 11.8 Å². The highest BCUT2D eigenvalue weighted by atomic mass is 16.5. The maximum atomic E-state index is 12.2.